The standard InChI is InChI=1S/C13H18ClN3O/c1-8(2)7-17(10-3-4-10)13(18)9-5-11(14)12(15)16-6-9/h5-6,8,10H,3-4,7H2,1-2H3,(H2,15,16). The molecule has 2 rings (SSSR count). The smallest absolute Gasteiger partial charge is 0.255 e. The molecule has 4 nitrogen and oxygen atoms in total. The summed E-state index contributed by atoms with van der Waals surface area (Å²) in [7, 11) is 0. The second kappa shape index (κ2) is 5.14. The van der Waals surface area contributed by atoms with Crippen molar-refractivity contribution in [3.05, 3.63) is 22.8 Å². The van der Waals surface area contributed by atoms with E-state index in [1.165, 1.54) is 6.20 Å². The number of carbonyl (C=O) groups is 1. The Morgan fingerprint density at radius 3 is 2.78 bits per heavy atom. The Balaban J connectivity index is 2.19. The highest BCUT2D eigenvalue weighted by atomic mass is 35.5. The Morgan fingerprint density at radius 1 is 1.61 bits per heavy atom. The highest BCUT2D eigenvalue weighted by Crippen LogP contribution is 2.29. The molecule has 1 aliphatic carbocycles. The van der Waals surface area contributed by atoms with Crippen LogP contribution in [0.25, 0.3) is 0 Å². The average molecular weight is 268 g/mol. The monoisotopic (exact) mass is 267 g/mol. The number of rotatable bonds is 4. The molecule has 2 N–H and O–H groups in total. The lowest BCUT2D eigenvalue weighted by Crippen LogP contribution is -2.36. The fraction of sp³-hybridized carbons (Fsp3) is 0.538. The van der Waals surface area contributed by atoms with Gasteiger partial charge in [-0.3, -0.25) is 4.79 Å². The molecule has 0 saturated heterocycles. The van der Waals surface area contributed by atoms with Gasteiger partial charge in [0.1, 0.15) is 5.82 Å². The first kappa shape index (κ1) is 13.1. The number of nitrogens with zero attached hydrogens (tertiary/aromatic N) is 2. The van der Waals surface area contributed by atoms with Crippen LogP contribution in [-0.4, -0.2) is 28.4 Å². The highest BCUT2D eigenvalue weighted by Gasteiger charge is 2.33. The van der Waals surface area contributed by atoms with Gasteiger partial charge >= 0.3 is 0 Å². The van der Waals surface area contributed by atoms with Crippen LogP contribution in [0.5, 0.6) is 0 Å². The van der Waals surface area contributed by atoms with Crippen molar-refractivity contribution in [1.82, 2.24) is 9.88 Å². The van der Waals surface area contributed by atoms with Crippen LogP contribution < -0.4 is 5.73 Å². The third-order valence-corrected chi connectivity index (χ3v) is 3.23. The van der Waals surface area contributed by atoms with E-state index in [2.05, 4.69) is 18.8 Å². The van der Waals surface area contributed by atoms with Gasteiger partial charge < -0.3 is 10.6 Å². The highest BCUT2D eigenvalue weighted by molar-refractivity contribution is 6.33. The lowest BCUT2D eigenvalue weighted by atomic mass is 10.1. The van der Waals surface area contributed by atoms with Gasteiger partial charge in [-0.1, -0.05) is 25.4 Å². The lowest BCUT2D eigenvalue weighted by Gasteiger charge is -2.24. The van der Waals surface area contributed by atoms with Crippen LogP contribution in [0, 0.1) is 5.92 Å². The van der Waals surface area contributed by atoms with E-state index in [1.807, 2.05) is 4.90 Å². The van der Waals surface area contributed by atoms with E-state index < -0.39 is 0 Å². The van der Waals surface area contributed by atoms with Crippen LogP contribution in [0.15, 0.2) is 12.3 Å². The summed E-state index contributed by atoms with van der Waals surface area (Å²) in [4.78, 5) is 18.3. The van der Waals surface area contributed by atoms with E-state index in [-0.39, 0.29) is 11.7 Å². The number of hydrogen-bond donors (Lipinski definition) is 1. The topological polar surface area (TPSA) is 59.2 Å². The Morgan fingerprint density at radius 2 is 2.28 bits per heavy atom. The first-order chi connectivity index (χ1) is 8.49. The molecule has 1 aromatic rings. The van der Waals surface area contributed by atoms with E-state index >= 15 is 0 Å². The molecular formula is C13H18ClN3O. The van der Waals surface area contributed by atoms with E-state index in [1.54, 1.807) is 6.07 Å². The molecule has 18 heavy (non-hydrogen) atoms. The summed E-state index contributed by atoms with van der Waals surface area (Å²) in [5.41, 5.74) is 6.07. The van der Waals surface area contributed by atoms with Crippen molar-refractivity contribution >= 4 is 23.3 Å². The quantitative estimate of drug-likeness (QED) is 0.912. The second-order valence-electron chi connectivity index (χ2n) is 5.17. The number of halogens is 1. The lowest BCUT2D eigenvalue weighted by molar-refractivity contribution is 0.0722. The molecule has 0 radical (unpaired) electrons. The molecule has 1 amide bonds. The predicted molar refractivity (Wildman–Crippen MR) is 72.6 cm³/mol. The van der Waals surface area contributed by atoms with Gasteiger partial charge in [-0.05, 0) is 24.8 Å². The molecule has 1 aliphatic rings. The van der Waals surface area contributed by atoms with Gasteiger partial charge in [-0.25, -0.2) is 4.98 Å². The number of nitrogens with two attached hydrogens (primary N) is 1. The molecule has 0 aromatic carbocycles. The largest absolute Gasteiger partial charge is 0.382 e. The Hall–Kier alpha value is -1.29. The fourth-order valence-corrected chi connectivity index (χ4v) is 2.08. The normalized spacial score (nSPS) is 14.9. The van der Waals surface area contributed by atoms with E-state index in [9.17, 15) is 4.79 Å². The maximum Gasteiger partial charge on any atom is 0.255 e. The van der Waals surface area contributed by atoms with Crippen molar-refractivity contribution in [3.8, 4) is 0 Å². The van der Waals surface area contributed by atoms with Crippen molar-refractivity contribution < 1.29 is 4.79 Å². The minimum absolute atomic E-state index is 0.000556. The predicted octanol–water partition coefficient (Wildman–Crippen LogP) is 2.58. The number of pyridine rings is 1. The number of amides is 1. The summed E-state index contributed by atoms with van der Waals surface area (Å²) in [5.74, 6) is 0.711. The summed E-state index contributed by atoms with van der Waals surface area (Å²) in [6.07, 6.45) is 3.68. The molecule has 1 heterocycles. The molecule has 98 valence electrons. The van der Waals surface area contributed by atoms with Crippen LogP contribution in [-0.2, 0) is 0 Å². The van der Waals surface area contributed by atoms with Gasteiger partial charge in [0.25, 0.3) is 5.91 Å². The summed E-state index contributed by atoms with van der Waals surface area (Å²) in [6, 6.07) is 1.98. The van der Waals surface area contributed by atoms with E-state index in [4.69, 9.17) is 17.3 Å². The van der Waals surface area contributed by atoms with Crippen molar-refractivity contribution in [2.75, 3.05) is 12.3 Å². The van der Waals surface area contributed by atoms with Crippen molar-refractivity contribution in [2.45, 2.75) is 32.7 Å². The van der Waals surface area contributed by atoms with Gasteiger partial charge in [0.05, 0.1) is 10.6 Å². The summed E-state index contributed by atoms with van der Waals surface area (Å²) < 4.78 is 0. The molecule has 1 saturated carbocycles. The molecular weight excluding hydrogens is 250 g/mol. The average Bonchev–Trinajstić information content (AvgIpc) is 3.12. The number of nitrogen functional groups attached to an aromatic ring is 1. The molecule has 0 spiro atoms. The first-order valence-corrected chi connectivity index (χ1v) is 6.59. The molecule has 0 aliphatic heterocycles. The van der Waals surface area contributed by atoms with Crippen LogP contribution in [0.3, 0.4) is 0 Å². The molecule has 0 atom stereocenters. The second-order valence-corrected chi connectivity index (χ2v) is 5.58. The van der Waals surface area contributed by atoms with Crippen LogP contribution in [0.2, 0.25) is 5.02 Å². The Kier molecular flexibility index (Phi) is 3.76. The minimum Gasteiger partial charge on any atom is -0.382 e. The first-order valence-electron chi connectivity index (χ1n) is 6.21. The maximum atomic E-state index is 12.4. The van der Waals surface area contributed by atoms with Crippen LogP contribution in [0.1, 0.15) is 37.0 Å². The Labute approximate surface area is 112 Å². The molecule has 0 bridgehead atoms. The molecule has 1 aromatic heterocycles. The summed E-state index contributed by atoms with van der Waals surface area (Å²) in [5, 5.41) is 0.334. The molecule has 1 fully saturated rings. The summed E-state index contributed by atoms with van der Waals surface area (Å²) in [6.45, 7) is 4.99. The zero-order chi connectivity index (χ0) is 13.3. The van der Waals surface area contributed by atoms with Crippen LogP contribution in [0.4, 0.5) is 5.82 Å². The number of aromatic nitrogens is 1. The minimum atomic E-state index is 0.000556. The van der Waals surface area contributed by atoms with Gasteiger partial charge in [0.15, 0.2) is 0 Å². The van der Waals surface area contributed by atoms with Crippen molar-refractivity contribution in [1.29, 1.82) is 0 Å². The van der Waals surface area contributed by atoms with Gasteiger partial charge in [0.2, 0.25) is 0 Å². The zero-order valence-corrected chi connectivity index (χ0v) is 11.4. The van der Waals surface area contributed by atoms with Gasteiger partial charge in [-0.2, -0.15) is 0 Å². The van der Waals surface area contributed by atoms with E-state index in [0.29, 0.717) is 22.5 Å². The van der Waals surface area contributed by atoms with Gasteiger partial charge in [0, 0.05) is 18.8 Å². The van der Waals surface area contributed by atoms with Crippen LogP contribution >= 0.6 is 11.6 Å². The number of carbonyl (C=O) groups excluding carboxylic acids is 1. The zero-order valence-electron chi connectivity index (χ0n) is 10.7. The number of anilines is 1. The third-order valence-electron chi connectivity index (χ3n) is 2.93. The van der Waals surface area contributed by atoms with Crippen molar-refractivity contribution in [2.24, 2.45) is 5.92 Å². The fourth-order valence-electron chi connectivity index (χ4n) is 1.91. The van der Waals surface area contributed by atoms with Crippen molar-refractivity contribution in [3.63, 3.8) is 0 Å². The number of hydrogen-bond acceptors (Lipinski definition) is 3. The maximum absolute atomic E-state index is 12.4. The van der Waals surface area contributed by atoms with Gasteiger partial charge in [-0.15, -0.1) is 0 Å². The molecule has 0 unspecified atom stereocenters. The summed E-state index contributed by atoms with van der Waals surface area (Å²) >= 11 is 5.91. The SMILES string of the molecule is CC(C)CN(C(=O)c1cnc(N)c(Cl)c1)C1CC1. The third kappa shape index (κ3) is 2.93. The Bertz CT molecular complexity index is 458. The molecule has 5 heteroatoms. The van der Waals surface area contributed by atoms with E-state index in [0.717, 1.165) is 19.4 Å².